The van der Waals surface area contributed by atoms with Crippen LogP contribution in [0.5, 0.6) is 0 Å². The molecule has 2 aromatic rings. The van der Waals surface area contributed by atoms with Crippen LogP contribution in [0.4, 0.5) is 5.69 Å². The van der Waals surface area contributed by atoms with Gasteiger partial charge < -0.3 is 9.26 Å². The van der Waals surface area contributed by atoms with E-state index in [2.05, 4.69) is 9.88 Å². The highest BCUT2D eigenvalue weighted by atomic mass is 32.2. The van der Waals surface area contributed by atoms with Crippen molar-refractivity contribution in [2.75, 3.05) is 11.3 Å². The highest BCUT2D eigenvalue weighted by molar-refractivity contribution is 7.92. The number of aromatic nitrogens is 1. The number of carbonyl (C=O) groups excluding carboxylic acids is 1. The molecule has 0 saturated heterocycles. The minimum absolute atomic E-state index is 0.00552. The second kappa shape index (κ2) is 6.18. The Morgan fingerprint density at radius 3 is 2.68 bits per heavy atom. The van der Waals surface area contributed by atoms with Crippen LogP contribution in [0.1, 0.15) is 28.7 Å². The Bertz CT molecular complexity index is 776. The van der Waals surface area contributed by atoms with Crippen molar-refractivity contribution in [1.29, 1.82) is 0 Å². The van der Waals surface area contributed by atoms with Gasteiger partial charge in [-0.1, -0.05) is 11.2 Å². The molecular formula is C14H16N2O5S. The van der Waals surface area contributed by atoms with Crippen molar-refractivity contribution in [2.24, 2.45) is 0 Å². The van der Waals surface area contributed by atoms with Crippen molar-refractivity contribution in [3.05, 3.63) is 41.3 Å². The van der Waals surface area contributed by atoms with Crippen LogP contribution in [0.3, 0.4) is 0 Å². The summed E-state index contributed by atoms with van der Waals surface area (Å²) >= 11 is 0. The smallest absolute Gasteiger partial charge is 0.338 e. The normalized spacial score (nSPS) is 11.2. The minimum atomic E-state index is -3.84. The number of nitrogens with one attached hydrogen (secondary N) is 1. The van der Waals surface area contributed by atoms with Gasteiger partial charge in [0.15, 0.2) is 10.7 Å². The van der Waals surface area contributed by atoms with Crippen LogP contribution in [0.2, 0.25) is 0 Å². The van der Waals surface area contributed by atoms with Crippen molar-refractivity contribution >= 4 is 21.7 Å². The highest BCUT2D eigenvalue weighted by Gasteiger charge is 2.24. The van der Waals surface area contributed by atoms with Gasteiger partial charge in [0.1, 0.15) is 5.69 Å². The minimum Gasteiger partial charge on any atom is -0.462 e. The molecule has 0 radical (unpaired) electrons. The molecule has 1 heterocycles. The molecule has 22 heavy (non-hydrogen) atoms. The standard InChI is InChI=1S/C14H16N2O5S/c1-4-20-14(17)11-6-5-7-12(8-11)16-22(18,19)13-9(2)15-21-10(13)3/h5-8,16H,4H2,1-3H3. The molecule has 0 aliphatic heterocycles. The van der Waals surface area contributed by atoms with Gasteiger partial charge in [0.05, 0.1) is 12.2 Å². The maximum atomic E-state index is 12.4. The summed E-state index contributed by atoms with van der Waals surface area (Å²) in [6.07, 6.45) is 0. The Kier molecular flexibility index (Phi) is 4.51. The summed E-state index contributed by atoms with van der Waals surface area (Å²) < 4.78 is 36.9. The number of rotatable bonds is 5. The van der Waals surface area contributed by atoms with Crippen molar-refractivity contribution in [3.8, 4) is 0 Å². The Labute approximate surface area is 128 Å². The number of benzene rings is 1. The van der Waals surface area contributed by atoms with Gasteiger partial charge in [0, 0.05) is 5.69 Å². The summed E-state index contributed by atoms with van der Waals surface area (Å²) in [5.41, 5.74) is 0.790. The fraction of sp³-hybridized carbons (Fsp3) is 0.286. The molecule has 2 rings (SSSR count). The predicted molar refractivity (Wildman–Crippen MR) is 79.2 cm³/mol. The number of hydrogen-bond donors (Lipinski definition) is 1. The predicted octanol–water partition coefficient (Wildman–Crippen LogP) is 2.27. The second-order valence-electron chi connectivity index (χ2n) is 4.56. The van der Waals surface area contributed by atoms with Gasteiger partial charge in [0.25, 0.3) is 10.0 Å². The highest BCUT2D eigenvalue weighted by Crippen LogP contribution is 2.22. The summed E-state index contributed by atoms with van der Waals surface area (Å²) in [5.74, 6) is -0.313. The van der Waals surface area contributed by atoms with Gasteiger partial charge in [-0.2, -0.15) is 0 Å². The molecule has 0 spiro atoms. The van der Waals surface area contributed by atoms with Crippen molar-refractivity contribution in [2.45, 2.75) is 25.7 Å². The Balaban J connectivity index is 2.31. The van der Waals surface area contributed by atoms with Gasteiger partial charge in [-0.25, -0.2) is 13.2 Å². The molecule has 0 unspecified atom stereocenters. The molecule has 0 amide bonds. The average molecular weight is 324 g/mol. The number of ether oxygens (including phenoxy) is 1. The third kappa shape index (κ3) is 3.28. The zero-order chi connectivity index (χ0) is 16.3. The first-order valence-corrected chi connectivity index (χ1v) is 8.06. The third-order valence-corrected chi connectivity index (χ3v) is 4.49. The van der Waals surface area contributed by atoms with Crippen LogP contribution >= 0.6 is 0 Å². The van der Waals surface area contributed by atoms with Crippen molar-refractivity contribution < 1.29 is 22.5 Å². The number of hydrogen-bond acceptors (Lipinski definition) is 6. The van der Waals surface area contributed by atoms with Gasteiger partial charge in [-0.15, -0.1) is 0 Å². The molecule has 0 saturated carbocycles. The number of carbonyl (C=O) groups is 1. The van der Waals surface area contributed by atoms with E-state index in [1.807, 2.05) is 0 Å². The lowest BCUT2D eigenvalue weighted by molar-refractivity contribution is 0.0526. The summed E-state index contributed by atoms with van der Waals surface area (Å²) in [6.45, 7) is 5.00. The number of sulfonamides is 1. The molecule has 7 nitrogen and oxygen atoms in total. The number of nitrogens with zero attached hydrogens (tertiary/aromatic N) is 1. The Morgan fingerprint density at radius 1 is 1.36 bits per heavy atom. The monoisotopic (exact) mass is 324 g/mol. The first-order valence-electron chi connectivity index (χ1n) is 6.58. The third-order valence-electron chi connectivity index (χ3n) is 2.86. The molecule has 118 valence electrons. The van der Waals surface area contributed by atoms with Crippen LogP contribution in [0.25, 0.3) is 0 Å². The number of aryl methyl sites for hydroxylation is 2. The molecule has 8 heteroatoms. The van der Waals surface area contributed by atoms with Crippen LogP contribution in [0.15, 0.2) is 33.7 Å². The van der Waals surface area contributed by atoms with E-state index in [0.717, 1.165) is 0 Å². The number of esters is 1. The molecule has 0 atom stereocenters. The first-order chi connectivity index (χ1) is 10.3. The molecule has 1 aromatic heterocycles. The maximum absolute atomic E-state index is 12.4. The van der Waals surface area contributed by atoms with E-state index < -0.39 is 16.0 Å². The zero-order valence-electron chi connectivity index (χ0n) is 12.4. The largest absolute Gasteiger partial charge is 0.462 e. The van der Waals surface area contributed by atoms with Crippen molar-refractivity contribution in [3.63, 3.8) is 0 Å². The Morgan fingerprint density at radius 2 is 2.09 bits per heavy atom. The molecule has 0 aliphatic rings. The van der Waals surface area contributed by atoms with Gasteiger partial charge in [-0.05, 0) is 39.0 Å². The molecule has 0 bridgehead atoms. The fourth-order valence-electron chi connectivity index (χ4n) is 1.99. The van der Waals surface area contributed by atoms with E-state index in [-0.39, 0.29) is 34.2 Å². The lowest BCUT2D eigenvalue weighted by Gasteiger charge is -2.09. The average Bonchev–Trinajstić information content (AvgIpc) is 2.79. The molecule has 0 aliphatic carbocycles. The van der Waals surface area contributed by atoms with E-state index >= 15 is 0 Å². The SMILES string of the molecule is CCOC(=O)c1cccc(NS(=O)(=O)c2c(C)noc2C)c1. The first kappa shape index (κ1) is 16.0. The summed E-state index contributed by atoms with van der Waals surface area (Å²) in [7, 11) is -3.84. The Hall–Kier alpha value is -2.35. The van der Waals surface area contributed by atoms with Crippen LogP contribution < -0.4 is 4.72 Å². The number of anilines is 1. The van der Waals surface area contributed by atoms with E-state index in [1.54, 1.807) is 32.0 Å². The summed E-state index contributed by atoms with van der Waals surface area (Å²) in [4.78, 5) is 11.7. The van der Waals surface area contributed by atoms with E-state index in [9.17, 15) is 13.2 Å². The summed E-state index contributed by atoms with van der Waals surface area (Å²) in [5, 5.41) is 3.63. The van der Waals surface area contributed by atoms with E-state index in [4.69, 9.17) is 9.26 Å². The lowest BCUT2D eigenvalue weighted by atomic mass is 10.2. The van der Waals surface area contributed by atoms with Gasteiger partial charge in [-0.3, -0.25) is 4.72 Å². The van der Waals surface area contributed by atoms with Crippen LogP contribution in [-0.4, -0.2) is 26.2 Å². The van der Waals surface area contributed by atoms with Gasteiger partial charge in [0.2, 0.25) is 0 Å². The molecule has 0 fully saturated rings. The maximum Gasteiger partial charge on any atom is 0.338 e. The van der Waals surface area contributed by atoms with E-state index in [1.165, 1.54) is 13.0 Å². The topological polar surface area (TPSA) is 98.5 Å². The molecule has 1 N–H and O–H groups in total. The van der Waals surface area contributed by atoms with E-state index in [0.29, 0.717) is 0 Å². The van der Waals surface area contributed by atoms with Crippen LogP contribution in [-0.2, 0) is 14.8 Å². The lowest BCUT2D eigenvalue weighted by Crippen LogP contribution is -2.15. The summed E-state index contributed by atoms with van der Waals surface area (Å²) in [6, 6.07) is 6.06. The second-order valence-corrected chi connectivity index (χ2v) is 6.18. The quantitative estimate of drug-likeness (QED) is 0.847. The van der Waals surface area contributed by atoms with Crippen LogP contribution in [0, 0.1) is 13.8 Å². The fourth-order valence-corrected chi connectivity index (χ4v) is 3.37. The van der Waals surface area contributed by atoms with Crippen molar-refractivity contribution in [1.82, 2.24) is 5.16 Å². The molecule has 1 aromatic carbocycles. The molecular weight excluding hydrogens is 308 g/mol. The van der Waals surface area contributed by atoms with Gasteiger partial charge >= 0.3 is 5.97 Å². The zero-order valence-corrected chi connectivity index (χ0v) is 13.2.